The summed E-state index contributed by atoms with van der Waals surface area (Å²) in [5, 5.41) is 1.14. The molecule has 4 rings (SSSR count). The second-order valence-electron chi connectivity index (χ2n) is 7.98. The highest BCUT2D eigenvalue weighted by molar-refractivity contribution is 6.06. The third-order valence-corrected chi connectivity index (χ3v) is 6.09. The number of carbonyl (C=O) groups excluding carboxylic acids is 2. The van der Waals surface area contributed by atoms with Gasteiger partial charge in [-0.05, 0) is 49.1 Å². The molecule has 166 valence electrons. The largest absolute Gasteiger partial charge is 0.497 e. The number of aromatic nitrogens is 1. The van der Waals surface area contributed by atoms with Gasteiger partial charge in [-0.25, -0.2) is 0 Å². The molecule has 0 saturated carbocycles. The van der Waals surface area contributed by atoms with E-state index in [-0.39, 0.29) is 23.4 Å². The van der Waals surface area contributed by atoms with Gasteiger partial charge in [-0.3, -0.25) is 19.0 Å². The van der Waals surface area contributed by atoms with E-state index in [1.807, 2.05) is 12.1 Å². The van der Waals surface area contributed by atoms with Gasteiger partial charge in [-0.1, -0.05) is 18.2 Å². The smallest absolute Gasteiger partial charge is 0.305 e. The summed E-state index contributed by atoms with van der Waals surface area (Å²) in [5.41, 5.74) is 0.967. The van der Waals surface area contributed by atoms with Crippen LogP contribution in [0.2, 0.25) is 0 Å². The highest BCUT2D eigenvalue weighted by Crippen LogP contribution is 2.25. The van der Waals surface area contributed by atoms with Gasteiger partial charge in [0, 0.05) is 42.2 Å². The third kappa shape index (κ3) is 4.23. The first kappa shape index (κ1) is 21.6. The number of fused-ring (bicyclic) bond motifs is 1. The van der Waals surface area contributed by atoms with E-state index in [1.165, 1.54) is 11.7 Å². The molecule has 0 N–H and O–H groups in total. The second kappa shape index (κ2) is 9.26. The number of carbonyl (C=O) groups is 2. The second-order valence-corrected chi connectivity index (χ2v) is 7.98. The van der Waals surface area contributed by atoms with Crippen molar-refractivity contribution < 1.29 is 19.1 Å². The van der Waals surface area contributed by atoms with Crippen molar-refractivity contribution in [3.8, 4) is 11.4 Å². The van der Waals surface area contributed by atoms with Crippen molar-refractivity contribution in [1.29, 1.82) is 0 Å². The molecule has 0 unspecified atom stereocenters. The lowest BCUT2D eigenvalue weighted by Crippen LogP contribution is -2.39. The number of ether oxygens (including phenoxy) is 2. The molecule has 0 spiro atoms. The molecule has 1 aliphatic heterocycles. The predicted octanol–water partition coefficient (Wildman–Crippen LogP) is 3.41. The highest BCUT2D eigenvalue weighted by atomic mass is 16.5. The first-order valence-corrected chi connectivity index (χ1v) is 10.7. The lowest BCUT2D eigenvalue weighted by Gasteiger charge is -2.32. The van der Waals surface area contributed by atoms with Crippen LogP contribution < -0.4 is 10.3 Å². The van der Waals surface area contributed by atoms with E-state index in [0.717, 1.165) is 12.8 Å². The van der Waals surface area contributed by atoms with Gasteiger partial charge in [0.1, 0.15) is 5.75 Å². The van der Waals surface area contributed by atoms with Gasteiger partial charge in [-0.15, -0.1) is 0 Å². The van der Waals surface area contributed by atoms with E-state index in [1.54, 1.807) is 54.6 Å². The van der Waals surface area contributed by atoms with E-state index in [4.69, 9.17) is 9.47 Å². The van der Waals surface area contributed by atoms with Gasteiger partial charge in [0.15, 0.2) is 0 Å². The topological polar surface area (TPSA) is 77.8 Å². The van der Waals surface area contributed by atoms with Crippen LogP contribution in [0.15, 0.2) is 59.5 Å². The number of hydrogen-bond donors (Lipinski definition) is 0. The van der Waals surface area contributed by atoms with Crippen molar-refractivity contribution in [3.05, 3.63) is 70.6 Å². The highest BCUT2D eigenvalue weighted by Gasteiger charge is 2.27. The van der Waals surface area contributed by atoms with Crippen molar-refractivity contribution >= 4 is 22.6 Å². The molecule has 7 nitrogen and oxygen atoms in total. The maximum Gasteiger partial charge on any atom is 0.305 e. The van der Waals surface area contributed by atoms with E-state index < -0.39 is 0 Å². The Morgan fingerprint density at radius 3 is 2.25 bits per heavy atom. The first-order chi connectivity index (χ1) is 15.5. The fourth-order valence-corrected chi connectivity index (χ4v) is 4.23. The molecule has 2 aromatic carbocycles. The Labute approximate surface area is 186 Å². The van der Waals surface area contributed by atoms with Crippen molar-refractivity contribution in [2.75, 3.05) is 27.3 Å². The lowest BCUT2D eigenvalue weighted by molar-refractivity contribution is -0.142. The van der Waals surface area contributed by atoms with Gasteiger partial charge in [0.05, 0.1) is 19.8 Å². The molecule has 1 saturated heterocycles. The minimum Gasteiger partial charge on any atom is -0.497 e. The average molecular weight is 434 g/mol. The summed E-state index contributed by atoms with van der Waals surface area (Å²) in [6, 6.07) is 14.3. The van der Waals surface area contributed by atoms with E-state index >= 15 is 0 Å². The van der Waals surface area contributed by atoms with Crippen molar-refractivity contribution in [2.24, 2.45) is 5.92 Å². The number of benzene rings is 2. The Bertz CT molecular complexity index is 1190. The van der Waals surface area contributed by atoms with Crippen molar-refractivity contribution in [2.45, 2.75) is 19.3 Å². The molecule has 1 amide bonds. The predicted molar refractivity (Wildman–Crippen MR) is 121 cm³/mol. The number of esters is 1. The third-order valence-electron chi connectivity index (χ3n) is 6.09. The Kier molecular flexibility index (Phi) is 6.25. The van der Waals surface area contributed by atoms with Crippen molar-refractivity contribution in [1.82, 2.24) is 9.47 Å². The summed E-state index contributed by atoms with van der Waals surface area (Å²) < 4.78 is 11.5. The zero-order chi connectivity index (χ0) is 22.7. The zero-order valence-corrected chi connectivity index (χ0v) is 18.2. The number of rotatable bonds is 5. The summed E-state index contributed by atoms with van der Waals surface area (Å²) in [5.74, 6) is 0.581. The molecule has 0 radical (unpaired) electrons. The maximum absolute atomic E-state index is 13.5. The van der Waals surface area contributed by atoms with E-state index in [0.29, 0.717) is 47.3 Å². The monoisotopic (exact) mass is 434 g/mol. The summed E-state index contributed by atoms with van der Waals surface area (Å²) in [6.45, 7) is 1.13. The molecule has 32 heavy (non-hydrogen) atoms. The SMILES string of the molecule is COC(=O)CC1CCN(C(=O)c2cn(-c3ccc(OC)cc3)c(=O)c3ccccc23)CC1. The molecule has 1 fully saturated rings. The number of nitrogens with zero attached hydrogens (tertiary/aromatic N) is 2. The van der Waals surface area contributed by atoms with Gasteiger partial charge in [0.2, 0.25) is 0 Å². The van der Waals surface area contributed by atoms with Crippen LogP contribution in [0, 0.1) is 5.92 Å². The Morgan fingerprint density at radius 2 is 1.62 bits per heavy atom. The lowest BCUT2D eigenvalue weighted by atomic mass is 9.93. The fourth-order valence-electron chi connectivity index (χ4n) is 4.23. The van der Waals surface area contributed by atoms with Crippen LogP contribution in [-0.4, -0.2) is 48.7 Å². The molecular formula is C25H26N2O5. The Hall–Kier alpha value is -3.61. The average Bonchev–Trinajstić information content (AvgIpc) is 2.84. The minimum absolute atomic E-state index is 0.111. The molecule has 7 heteroatoms. The number of hydrogen-bond acceptors (Lipinski definition) is 5. The summed E-state index contributed by atoms with van der Waals surface area (Å²) >= 11 is 0. The van der Waals surface area contributed by atoms with Crippen LogP contribution in [0.4, 0.5) is 0 Å². The maximum atomic E-state index is 13.5. The molecule has 0 bridgehead atoms. The first-order valence-electron chi connectivity index (χ1n) is 10.7. The summed E-state index contributed by atoms with van der Waals surface area (Å²) in [6.07, 6.45) is 3.51. The summed E-state index contributed by atoms with van der Waals surface area (Å²) in [7, 11) is 2.98. The fraction of sp³-hybridized carbons (Fsp3) is 0.320. The Morgan fingerprint density at radius 1 is 0.969 bits per heavy atom. The zero-order valence-electron chi connectivity index (χ0n) is 18.2. The molecule has 1 aliphatic rings. The van der Waals surface area contributed by atoms with Crippen LogP contribution in [0.1, 0.15) is 29.6 Å². The van der Waals surface area contributed by atoms with Gasteiger partial charge in [0.25, 0.3) is 11.5 Å². The number of methoxy groups -OCH3 is 2. The number of likely N-dealkylation sites (tertiary alicyclic amines) is 1. The normalized spacial score (nSPS) is 14.4. The van der Waals surface area contributed by atoms with Crippen LogP contribution in [0.3, 0.4) is 0 Å². The van der Waals surface area contributed by atoms with Gasteiger partial charge >= 0.3 is 5.97 Å². The quantitative estimate of drug-likeness (QED) is 0.575. The molecular weight excluding hydrogens is 408 g/mol. The van der Waals surface area contributed by atoms with Crippen LogP contribution in [0.5, 0.6) is 5.75 Å². The van der Waals surface area contributed by atoms with Crippen LogP contribution in [-0.2, 0) is 9.53 Å². The van der Waals surface area contributed by atoms with Crippen LogP contribution in [0.25, 0.3) is 16.5 Å². The molecule has 0 aliphatic carbocycles. The molecule has 3 aromatic rings. The number of pyridine rings is 1. The molecule has 2 heterocycles. The number of piperidine rings is 1. The molecule has 0 atom stereocenters. The van der Waals surface area contributed by atoms with E-state index in [9.17, 15) is 14.4 Å². The standard InChI is InChI=1S/C25H26N2O5/c1-31-19-9-7-18(8-10-19)27-16-22(20-5-3-4-6-21(20)25(27)30)24(29)26-13-11-17(12-14-26)15-23(28)32-2/h3-10,16-17H,11-15H2,1-2H3. The summed E-state index contributed by atoms with van der Waals surface area (Å²) in [4.78, 5) is 40.0. The van der Waals surface area contributed by atoms with Crippen molar-refractivity contribution in [3.63, 3.8) is 0 Å². The van der Waals surface area contributed by atoms with Gasteiger partial charge < -0.3 is 14.4 Å². The Balaban J connectivity index is 1.67. The molecule has 1 aromatic heterocycles. The minimum atomic E-state index is -0.215. The van der Waals surface area contributed by atoms with Gasteiger partial charge in [-0.2, -0.15) is 0 Å². The van der Waals surface area contributed by atoms with Crippen LogP contribution >= 0.6 is 0 Å². The van der Waals surface area contributed by atoms with E-state index in [2.05, 4.69) is 0 Å². The number of amides is 1.